The Hall–Kier alpha value is -1.95. The highest BCUT2D eigenvalue weighted by molar-refractivity contribution is 5.95. The Bertz CT molecular complexity index is 738. The van der Waals surface area contributed by atoms with Crippen molar-refractivity contribution in [1.82, 2.24) is 24.8 Å². The van der Waals surface area contributed by atoms with E-state index in [4.69, 9.17) is 0 Å². The van der Waals surface area contributed by atoms with E-state index in [0.29, 0.717) is 17.5 Å². The molecular weight excluding hydrogens is 302 g/mol. The van der Waals surface area contributed by atoms with E-state index in [2.05, 4.69) is 20.3 Å². The highest BCUT2D eigenvalue weighted by Crippen LogP contribution is 2.30. The number of aromatic nitrogens is 3. The number of rotatable bonds is 3. The fourth-order valence-electron chi connectivity index (χ4n) is 4.35. The summed E-state index contributed by atoms with van der Waals surface area (Å²) in [6.45, 7) is 5.14. The van der Waals surface area contributed by atoms with Crippen LogP contribution in [0.1, 0.15) is 48.2 Å². The Kier molecular flexibility index (Phi) is 4.22. The first-order valence-corrected chi connectivity index (χ1v) is 9.05. The number of aryl methyl sites for hydroxylation is 1. The highest BCUT2D eigenvalue weighted by atomic mass is 16.1. The van der Waals surface area contributed by atoms with Gasteiger partial charge in [0.05, 0.1) is 17.5 Å². The molecule has 2 aromatic rings. The van der Waals surface area contributed by atoms with Crippen molar-refractivity contribution in [2.24, 2.45) is 5.92 Å². The van der Waals surface area contributed by atoms with Gasteiger partial charge in [-0.25, -0.2) is 9.50 Å². The van der Waals surface area contributed by atoms with Crippen LogP contribution < -0.4 is 5.32 Å². The van der Waals surface area contributed by atoms with Crippen LogP contribution in [0.2, 0.25) is 0 Å². The monoisotopic (exact) mass is 327 g/mol. The fraction of sp³-hybridized carbons (Fsp3) is 0.611. The lowest BCUT2D eigenvalue weighted by atomic mass is 9.83. The molecule has 2 saturated heterocycles. The molecule has 2 atom stereocenters. The van der Waals surface area contributed by atoms with E-state index in [1.54, 1.807) is 16.9 Å². The van der Waals surface area contributed by atoms with E-state index >= 15 is 0 Å². The Morgan fingerprint density at radius 1 is 1.29 bits per heavy atom. The van der Waals surface area contributed by atoms with Crippen molar-refractivity contribution in [3.05, 3.63) is 29.7 Å². The lowest BCUT2D eigenvalue weighted by Gasteiger charge is -2.44. The fourth-order valence-corrected chi connectivity index (χ4v) is 4.35. The SMILES string of the molecule is Cc1c(C(=O)NC[C@@H]2CCCN3CCCC[C@H]23)cnc2ccnn12. The first-order valence-electron chi connectivity index (χ1n) is 9.05. The van der Waals surface area contributed by atoms with Gasteiger partial charge in [0.1, 0.15) is 0 Å². The van der Waals surface area contributed by atoms with Crippen molar-refractivity contribution in [3.63, 3.8) is 0 Å². The predicted molar refractivity (Wildman–Crippen MR) is 92.0 cm³/mol. The van der Waals surface area contributed by atoms with E-state index < -0.39 is 0 Å². The Morgan fingerprint density at radius 3 is 3.08 bits per heavy atom. The van der Waals surface area contributed by atoms with Gasteiger partial charge in [-0.1, -0.05) is 6.42 Å². The third kappa shape index (κ3) is 2.79. The minimum Gasteiger partial charge on any atom is -0.352 e. The van der Waals surface area contributed by atoms with Crippen molar-refractivity contribution >= 4 is 11.6 Å². The van der Waals surface area contributed by atoms with Gasteiger partial charge in [0.15, 0.2) is 5.65 Å². The van der Waals surface area contributed by atoms with Gasteiger partial charge in [-0.05, 0) is 51.6 Å². The summed E-state index contributed by atoms with van der Waals surface area (Å²) in [4.78, 5) is 19.6. The lowest BCUT2D eigenvalue weighted by Crippen LogP contribution is -2.51. The van der Waals surface area contributed by atoms with Crippen LogP contribution in [0.3, 0.4) is 0 Å². The second-order valence-electron chi connectivity index (χ2n) is 7.07. The summed E-state index contributed by atoms with van der Waals surface area (Å²) in [7, 11) is 0. The molecule has 2 aliphatic heterocycles. The maximum absolute atomic E-state index is 12.6. The van der Waals surface area contributed by atoms with Gasteiger partial charge in [0, 0.05) is 24.8 Å². The molecule has 4 rings (SSSR count). The molecule has 2 aliphatic rings. The van der Waals surface area contributed by atoms with E-state index in [0.717, 1.165) is 17.9 Å². The molecule has 1 amide bonds. The molecule has 0 bridgehead atoms. The molecule has 128 valence electrons. The van der Waals surface area contributed by atoms with Gasteiger partial charge >= 0.3 is 0 Å². The van der Waals surface area contributed by atoms with E-state index in [1.807, 2.05) is 13.0 Å². The molecule has 4 heterocycles. The van der Waals surface area contributed by atoms with Gasteiger partial charge in [0.2, 0.25) is 0 Å². The van der Waals surface area contributed by atoms with Gasteiger partial charge in [0.25, 0.3) is 5.91 Å². The quantitative estimate of drug-likeness (QED) is 0.937. The molecule has 6 nitrogen and oxygen atoms in total. The second-order valence-corrected chi connectivity index (χ2v) is 7.07. The molecular formula is C18H25N5O. The Labute approximate surface area is 142 Å². The summed E-state index contributed by atoms with van der Waals surface area (Å²) < 4.78 is 1.72. The normalized spacial score (nSPS) is 24.7. The number of fused-ring (bicyclic) bond motifs is 2. The smallest absolute Gasteiger partial charge is 0.254 e. The minimum atomic E-state index is -0.0367. The summed E-state index contributed by atoms with van der Waals surface area (Å²) in [5.74, 6) is 0.537. The number of carbonyl (C=O) groups is 1. The van der Waals surface area contributed by atoms with Crippen LogP contribution in [0.4, 0.5) is 0 Å². The second kappa shape index (κ2) is 6.51. The zero-order valence-corrected chi connectivity index (χ0v) is 14.2. The summed E-state index contributed by atoms with van der Waals surface area (Å²) >= 11 is 0. The molecule has 0 aromatic carbocycles. The number of nitrogens with zero attached hydrogens (tertiary/aromatic N) is 4. The van der Waals surface area contributed by atoms with Crippen LogP contribution in [-0.4, -0.2) is 51.1 Å². The minimum absolute atomic E-state index is 0.0367. The van der Waals surface area contributed by atoms with Crippen molar-refractivity contribution in [1.29, 1.82) is 0 Å². The third-order valence-electron chi connectivity index (χ3n) is 5.65. The van der Waals surface area contributed by atoms with Gasteiger partial charge < -0.3 is 10.2 Å². The number of carbonyl (C=O) groups excluding carboxylic acids is 1. The van der Waals surface area contributed by atoms with Crippen LogP contribution in [0.25, 0.3) is 5.65 Å². The van der Waals surface area contributed by atoms with Crippen LogP contribution >= 0.6 is 0 Å². The zero-order chi connectivity index (χ0) is 16.5. The lowest BCUT2D eigenvalue weighted by molar-refractivity contribution is 0.0575. The largest absolute Gasteiger partial charge is 0.352 e. The molecule has 0 radical (unpaired) electrons. The maximum Gasteiger partial charge on any atom is 0.254 e. The van der Waals surface area contributed by atoms with Gasteiger partial charge in [-0.3, -0.25) is 4.79 Å². The van der Waals surface area contributed by atoms with Crippen molar-refractivity contribution in [3.8, 4) is 0 Å². The number of piperidine rings is 2. The van der Waals surface area contributed by atoms with Crippen LogP contribution in [-0.2, 0) is 0 Å². The maximum atomic E-state index is 12.6. The van der Waals surface area contributed by atoms with Crippen LogP contribution in [0, 0.1) is 12.8 Å². The van der Waals surface area contributed by atoms with Crippen LogP contribution in [0.15, 0.2) is 18.5 Å². The summed E-state index contributed by atoms with van der Waals surface area (Å²) in [6.07, 6.45) is 9.76. The number of nitrogens with one attached hydrogen (secondary N) is 1. The summed E-state index contributed by atoms with van der Waals surface area (Å²) in [5.41, 5.74) is 2.22. The van der Waals surface area contributed by atoms with Gasteiger partial charge in [-0.2, -0.15) is 5.10 Å². The van der Waals surface area contributed by atoms with E-state index in [-0.39, 0.29) is 5.91 Å². The highest BCUT2D eigenvalue weighted by Gasteiger charge is 2.33. The molecule has 1 N–H and O–H groups in total. The molecule has 2 aromatic heterocycles. The summed E-state index contributed by atoms with van der Waals surface area (Å²) in [6, 6.07) is 2.49. The van der Waals surface area contributed by atoms with Gasteiger partial charge in [-0.15, -0.1) is 0 Å². The molecule has 0 aliphatic carbocycles. The summed E-state index contributed by atoms with van der Waals surface area (Å²) in [5, 5.41) is 7.39. The molecule has 0 spiro atoms. The van der Waals surface area contributed by atoms with Crippen molar-refractivity contribution in [2.45, 2.75) is 45.1 Å². The van der Waals surface area contributed by atoms with E-state index in [9.17, 15) is 4.79 Å². The standard InChI is InChI=1S/C18H25N5O/c1-13-15(12-19-17-7-8-21-23(13)17)18(24)20-11-14-5-4-10-22-9-3-2-6-16(14)22/h7-8,12,14,16H,2-6,9-11H2,1H3,(H,20,24)/t14-,16+/m0/s1. The first kappa shape index (κ1) is 15.6. The molecule has 6 heteroatoms. The molecule has 0 saturated carbocycles. The number of hydrogen-bond acceptors (Lipinski definition) is 4. The third-order valence-corrected chi connectivity index (χ3v) is 5.65. The molecule has 2 fully saturated rings. The van der Waals surface area contributed by atoms with E-state index in [1.165, 1.54) is 45.2 Å². The average molecular weight is 327 g/mol. The predicted octanol–water partition coefficient (Wildman–Crippen LogP) is 2.03. The number of amides is 1. The molecule has 24 heavy (non-hydrogen) atoms. The Balaban J connectivity index is 1.44. The Morgan fingerprint density at radius 2 is 2.17 bits per heavy atom. The molecule has 0 unspecified atom stereocenters. The zero-order valence-electron chi connectivity index (χ0n) is 14.2. The topological polar surface area (TPSA) is 62.5 Å². The van der Waals surface area contributed by atoms with Crippen molar-refractivity contribution < 1.29 is 4.79 Å². The van der Waals surface area contributed by atoms with Crippen molar-refractivity contribution in [2.75, 3.05) is 19.6 Å². The number of hydrogen-bond donors (Lipinski definition) is 1. The average Bonchev–Trinajstić information content (AvgIpc) is 3.09. The van der Waals surface area contributed by atoms with Crippen LogP contribution in [0.5, 0.6) is 0 Å². The first-order chi connectivity index (χ1) is 11.7.